The lowest BCUT2D eigenvalue weighted by atomic mass is 10.1. The maximum atomic E-state index is 12.1. The van der Waals surface area contributed by atoms with Crippen molar-refractivity contribution in [2.75, 3.05) is 20.6 Å². The Labute approximate surface area is 129 Å². The summed E-state index contributed by atoms with van der Waals surface area (Å²) in [4.78, 5) is 18.0. The van der Waals surface area contributed by atoms with E-state index in [1.54, 1.807) is 24.5 Å². The molecule has 1 aromatic carbocycles. The molecule has 1 heterocycles. The van der Waals surface area contributed by atoms with Crippen LogP contribution in [0.25, 0.3) is 0 Å². The third-order valence-corrected chi connectivity index (χ3v) is 3.63. The molecule has 5 heteroatoms. The van der Waals surface area contributed by atoms with Crippen LogP contribution < -0.4 is 5.32 Å². The van der Waals surface area contributed by atoms with E-state index in [0.29, 0.717) is 17.1 Å². The summed E-state index contributed by atoms with van der Waals surface area (Å²) in [6.07, 6.45) is 3.21. The first-order valence-electron chi connectivity index (χ1n) is 6.68. The molecule has 1 atom stereocenters. The number of nitrogens with one attached hydrogen (secondary N) is 1. The Morgan fingerprint density at radius 1 is 1.24 bits per heavy atom. The minimum Gasteiger partial charge on any atom is -0.350 e. The zero-order valence-corrected chi connectivity index (χ0v) is 12.8. The molecule has 0 saturated carbocycles. The fraction of sp³-hybridized carbons (Fsp3) is 0.250. The molecular formula is C16H18ClN3O. The van der Waals surface area contributed by atoms with Gasteiger partial charge in [0.1, 0.15) is 0 Å². The monoisotopic (exact) mass is 303 g/mol. The van der Waals surface area contributed by atoms with Crippen LogP contribution in [0.5, 0.6) is 0 Å². The van der Waals surface area contributed by atoms with Crippen molar-refractivity contribution in [2.24, 2.45) is 0 Å². The smallest absolute Gasteiger partial charge is 0.251 e. The second-order valence-electron chi connectivity index (χ2n) is 4.95. The van der Waals surface area contributed by atoms with Gasteiger partial charge < -0.3 is 10.2 Å². The van der Waals surface area contributed by atoms with Crippen molar-refractivity contribution in [3.8, 4) is 0 Å². The standard InChI is InChI=1S/C16H18ClN3O/c1-20(2)15(13-5-3-4-6-14(13)17)11-19-16(21)12-7-9-18-10-8-12/h3-10,15H,11H2,1-2H3,(H,19,21). The van der Waals surface area contributed by atoms with E-state index in [4.69, 9.17) is 11.6 Å². The van der Waals surface area contributed by atoms with E-state index in [2.05, 4.69) is 10.3 Å². The number of carbonyl (C=O) groups is 1. The van der Waals surface area contributed by atoms with Gasteiger partial charge in [-0.05, 0) is 37.9 Å². The molecule has 0 aliphatic carbocycles. The molecule has 1 N–H and O–H groups in total. The maximum Gasteiger partial charge on any atom is 0.251 e. The minimum atomic E-state index is -0.115. The molecule has 2 aromatic rings. The normalized spacial score (nSPS) is 12.2. The molecule has 2 rings (SSSR count). The first-order chi connectivity index (χ1) is 10.1. The highest BCUT2D eigenvalue weighted by molar-refractivity contribution is 6.31. The average molecular weight is 304 g/mol. The Kier molecular flexibility index (Phi) is 5.31. The number of pyridine rings is 1. The summed E-state index contributed by atoms with van der Waals surface area (Å²) in [7, 11) is 3.93. The van der Waals surface area contributed by atoms with Crippen LogP contribution in [0.4, 0.5) is 0 Å². The number of halogens is 1. The Balaban J connectivity index is 2.08. The minimum absolute atomic E-state index is 0.0180. The molecule has 0 saturated heterocycles. The van der Waals surface area contributed by atoms with Crippen LogP contribution in [0.1, 0.15) is 22.0 Å². The van der Waals surface area contributed by atoms with Gasteiger partial charge in [-0.2, -0.15) is 0 Å². The van der Waals surface area contributed by atoms with Gasteiger partial charge in [-0.25, -0.2) is 0 Å². The predicted molar refractivity (Wildman–Crippen MR) is 84.5 cm³/mol. The Morgan fingerprint density at radius 2 is 1.90 bits per heavy atom. The zero-order chi connectivity index (χ0) is 15.2. The lowest BCUT2D eigenvalue weighted by Crippen LogP contribution is -2.34. The highest BCUT2D eigenvalue weighted by Gasteiger charge is 2.18. The number of rotatable bonds is 5. The van der Waals surface area contributed by atoms with Crippen molar-refractivity contribution in [1.29, 1.82) is 0 Å². The number of hydrogen-bond donors (Lipinski definition) is 1. The van der Waals surface area contributed by atoms with Gasteiger partial charge in [0.15, 0.2) is 0 Å². The summed E-state index contributed by atoms with van der Waals surface area (Å²) in [5.41, 5.74) is 1.60. The summed E-state index contributed by atoms with van der Waals surface area (Å²) in [6, 6.07) is 11.1. The lowest BCUT2D eigenvalue weighted by molar-refractivity contribution is 0.0942. The van der Waals surface area contributed by atoms with Crippen LogP contribution in [-0.2, 0) is 0 Å². The first-order valence-corrected chi connectivity index (χ1v) is 7.06. The van der Waals surface area contributed by atoms with Crippen LogP contribution in [0, 0.1) is 0 Å². The number of benzene rings is 1. The molecule has 1 aromatic heterocycles. The lowest BCUT2D eigenvalue weighted by Gasteiger charge is -2.26. The van der Waals surface area contributed by atoms with E-state index in [-0.39, 0.29) is 11.9 Å². The number of carbonyl (C=O) groups excluding carboxylic acids is 1. The van der Waals surface area contributed by atoms with Crippen LogP contribution in [0.3, 0.4) is 0 Å². The number of hydrogen-bond acceptors (Lipinski definition) is 3. The van der Waals surface area contributed by atoms with E-state index in [1.165, 1.54) is 0 Å². The van der Waals surface area contributed by atoms with Gasteiger partial charge in [-0.1, -0.05) is 29.8 Å². The van der Waals surface area contributed by atoms with E-state index < -0.39 is 0 Å². The topological polar surface area (TPSA) is 45.2 Å². The molecular weight excluding hydrogens is 286 g/mol. The first kappa shape index (κ1) is 15.5. The predicted octanol–water partition coefficient (Wildman–Crippen LogP) is 2.77. The maximum absolute atomic E-state index is 12.1. The van der Waals surface area contributed by atoms with Gasteiger partial charge >= 0.3 is 0 Å². The highest BCUT2D eigenvalue weighted by Crippen LogP contribution is 2.25. The number of likely N-dealkylation sites (N-methyl/N-ethyl adjacent to an activating group) is 1. The van der Waals surface area contributed by atoms with Crippen LogP contribution >= 0.6 is 11.6 Å². The fourth-order valence-electron chi connectivity index (χ4n) is 2.11. The molecule has 1 unspecified atom stereocenters. The van der Waals surface area contributed by atoms with Crippen molar-refractivity contribution >= 4 is 17.5 Å². The van der Waals surface area contributed by atoms with Crippen LogP contribution in [0.2, 0.25) is 5.02 Å². The van der Waals surface area contributed by atoms with Crippen molar-refractivity contribution in [3.05, 3.63) is 64.9 Å². The van der Waals surface area contributed by atoms with Gasteiger partial charge in [0, 0.05) is 29.5 Å². The Bertz CT molecular complexity index is 601. The van der Waals surface area contributed by atoms with Crippen molar-refractivity contribution in [2.45, 2.75) is 6.04 Å². The van der Waals surface area contributed by atoms with E-state index in [0.717, 1.165) is 5.56 Å². The Morgan fingerprint density at radius 3 is 2.52 bits per heavy atom. The fourth-order valence-corrected chi connectivity index (χ4v) is 2.37. The van der Waals surface area contributed by atoms with E-state index in [1.807, 2.05) is 43.3 Å². The van der Waals surface area contributed by atoms with Crippen LogP contribution in [-0.4, -0.2) is 36.4 Å². The number of nitrogens with zero attached hydrogens (tertiary/aromatic N) is 2. The summed E-state index contributed by atoms with van der Waals surface area (Å²) in [6.45, 7) is 0.484. The summed E-state index contributed by atoms with van der Waals surface area (Å²) >= 11 is 6.25. The number of aromatic nitrogens is 1. The largest absolute Gasteiger partial charge is 0.350 e. The van der Waals surface area contributed by atoms with Gasteiger partial charge in [0.2, 0.25) is 0 Å². The van der Waals surface area contributed by atoms with Crippen LogP contribution in [0.15, 0.2) is 48.8 Å². The number of amides is 1. The summed E-state index contributed by atoms with van der Waals surface area (Å²) < 4.78 is 0. The van der Waals surface area contributed by atoms with Crippen molar-refractivity contribution in [1.82, 2.24) is 15.2 Å². The van der Waals surface area contributed by atoms with Gasteiger partial charge in [0.25, 0.3) is 5.91 Å². The zero-order valence-electron chi connectivity index (χ0n) is 12.1. The SMILES string of the molecule is CN(C)C(CNC(=O)c1ccncc1)c1ccccc1Cl. The molecule has 0 aliphatic rings. The summed E-state index contributed by atoms with van der Waals surface area (Å²) in [5.74, 6) is -0.115. The highest BCUT2D eigenvalue weighted by atomic mass is 35.5. The molecule has 1 amide bonds. The van der Waals surface area contributed by atoms with Gasteiger partial charge in [-0.3, -0.25) is 9.78 Å². The van der Waals surface area contributed by atoms with Crippen molar-refractivity contribution in [3.63, 3.8) is 0 Å². The third-order valence-electron chi connectivity index (χ3n) is 3.29. The molecule has 21 heavy (non-hydrogen) atoms. The van der Waals surface area contributed by atoms with Gasteiger partial charge in [0.05, 0.1) is 6.04 Å². The average Bonchev–Trinajstić information content (AvgIpc) is 2.49. The molecule has 0 bridgehead atoms. The third kappa shape index (κ3) is 4.03. The van der Waals surface area contributed by atoms with E-state index >= 15 is 0 Å². The quantitative estimate of drug-likeness (QED) is 0.924. The molecule has 0 aliphatic heterocycles. The Hall–Kier alpha value is -1.91. The van der Waals surface area contributed by atoms with Gasteiger partial charge in [-0.15, -0.1) is 0 Å². The second kappa shape index (κ2) is 7.20. The second-order valence-corrected chi connectivity index (χ2v) is 5.35. The molecule has 0 fully saturated rings. The molecule has 0 spiro atoms. The van der Waals surface area contributed by atoms with E-state index in [9.17, 15) is 4.79 Å². The molecule has 110 valence electrons. The van der Waals surface area contributed by atoms with Crippen molar-refractivity contribution < 1.29 is 4.79 Å². The summed E-state index contributed by atoms with van der Waals surface area (Å²) in [5, 5.41) is 3.64. The molecule has 4 nitrogen and oxygen atoms in total. The molecule has 0 radical (unpaired) electrons.